The normalized spacial score (nSPS) is 12.4. The Balaban J connectivity index is 1.50. The molecular weight excluding hydrogens is 355 g/mol. The average Bonchev–Trinajstić information content (AvgIpc) is 3.02. The molecule has 0 aliphatic carbocycles. The highest BCUT2D eigenvalue weighted by Gasteiger charge is 2.12. The molecule has 0 atom stereocenters. The molecule has 8 heteroatoms. The number of nitrogens with one attached hydrogen (secondary N) is 1. The van der Waals surface area contributed by atoms with E-state index in [-0.39, 0.29) is 13.4 Å². The molecule has 2 aromatic rings. The van der Waals surface area contributed by atoms with Crippen molar-refractivity contribution in [2.75, 3.05) is 13.4 Å². The maximum absolute atomic E-state index is 11.7. The number of ether oxygens (including phenoxy) is 3. The Labute approximate surface area is 147 Å². The van der Waals surface area contributed by atoms with Gasteiger partial charge in [0.25, 0.3) is 5.91 Å². The summed E-state index contributed by atoms with van der Waals surface area (Å²) in [7, 11) is 0. The van der Waals surface area contributed by atoms with Gasteiger partial charge in [-0.1, -0.05) is 23.2 Å². The van der Waals surface area contributed by atoms with Crippen LogP contribution < -0.4 is 19.6 Å². The summed E-state index contributed by atoms with van der Waals surface area (Å²) in [5, 5.41) is 4.68. The molecule has 24 heavy (non-hydrogen) atoms. The van der Waals surface area contributed by atoms with E-state index in [1.807, 2.05) is 0 Å². The summed E-state index contributed by atoms with van der Waals surface area (Å²) in [6.45, 7) is -0.0168. The summed E-state index contributed by atoms with van der Waals surface area (Å²) in [5.41, 5.74) is 3.13. The van der Waals surface area contributed by atoms with Crippen LogP contribution in [0.5, 0.6) is 17.2 Å². The molecule has 0 saturated heterocycles. The zero-order valence-electron chi connectivity index (χ0n) is 12.3. The van der Waals surface area contributed by atoms with E-state index in [0.717, 1.165) is 5.56 Å². The summed E-state index contributed by atoms with van der Waals surface area (Å²) < 4.78 is 15.8. The predicted octanol–water partition coefficient (Wildman–Crippen LogP) is 3.25. The van der Waals surface area contributed by atoms with Crippen molar-refractivity contribution >= 4 is 35.3 Å². The Bertz CT molecular complexity index is 796. The molecule has 0 spiro atoms. The number of nitrogens with zero attached hydrogens (tertiary/aromatic N) is 1. The molecule has 0 radical (unpaired) electrons. The number of fused-ring (bicyclic) bond motifs is 1. The molecule has 2 aromatic carbocycles. The Kier molecular flexibility index (Phi) is 5.08. The largest absolute Gasteiger partial charge is 0.482 e. The van der Waals surface area contributed by atoms with Crippen molar-refractivity contribution in [1.82, 2.24) is 5.43 Å². The number of benzene rings is 2. The van der Waals surface area contributed by atoms with E-state index in [4.69, 9.17) is 37.4 Å². The molecule has 1 amide bonds. The van der Waals surface area contributed by atoms with Crippen LogP contribution in [0.25, 0.3) is 0 Å². The molecule has 124 valence electrons. The van der Waals surface area contributed by atoms with E-state index in [9.17, 15) is 4.79 Å². The highest BCUT2D eigenvalue weighted by molar-refractivity contribution is 6.35. The quantitative estimate of drug-likeness (QED) is 0.651. The second kappa shape index (κ2) is 7.42. The second-order valence-electron chi connectivity index (χ2n) is 4.77. The number of rotatable bonds is 5. The molecule has 0 fully saturated rings. The lowest BCUT2D eigenvalue weighted by atomic mass is 10.2. The summed E-state index contributed by atoms with van der Waals surface area (Å²) in [4.78, 5) is 11.7. The molecule has 1 heterocycles. The number of hydrazone groups is 1. The minimum Gasteiger partial charge on any atom is -0.482 e. The number of carbonyl (C=O) groups excluding carboxylic acids is 1. The molecule has 1 N–H and O–H groups in total. The monoisotopic (exact) mass is 366 g/mol. The van der Waals surface area contributed by atoms with Crippen LogP contribution in [-0.4, -0.2) is 25.5 Å². The molecule has 1 aliphatic rings. The van der Waals surface area contributed by atoms with Gasteiger partial charge >= 0.3 is 0 Å². The topological polar surface area (TPSA) is 69.2 Å². The van der Waals surface area contributed by atoms with Crippen LogP contribution >= 0.6 is 23.2 Å². The van der Waals surface area contributed by atoms with Crippen LogP contribution in [0.1, 0.15) is 5.56 Å². The first-order valence-corrected chi connectivity index (χ1v) is 7.67. The van der Waals surface area contributed by atoms with E-state index in [0.29, 0.717) is 27.3 Å². The van der Waals surface area contributed by atoms with Crippen LogP contribution in [0.15, 0.2) is 41.5 Å². The number of carbonyl (C=O) groups is 1. The van der Waals surface area contributed by atoms with Gasteiger partial charge in [0.1, 0.15) is 5.75 Å². The molecule has 0 aromatic heterocycles. The summed E-state index contributed by atoms with van der Waals surface area (Å²) >= 11 is 11.7. The minimum atomic E-state index is -0.419. The van der Waals surface area contributed by atoms with Crippen molar-refractivity contribution in [3.05, 3.63) is 52.0 Å². The lowest BCUT2D eigenvalue weighted by Gasteiger charge is -2.07. The fraction of sp³-hybridized carbons (Fsp3) is 0.125. The van der Waals surface area contributed by atoms with Crippen LogP contribution in [-0.2, 0) is 4.79 Å². The summed E-state index contributed by atoms with van der Waals surface area (Å²) in [6, 6.07) is 10.1. The maximum Gasteiger partial charge on any atom is 0.277 e. The maximum atomic E-state index is 11.7. The first kappa shape index (κ1) is 16.4. The minimum absolute atomic E-state index is 0.206. The summed E-state index contributed by atoms with van der Waals surface area (Å²) in [5.74, 6) is 1.28. The molecule has 3 rings (SSSR count). The van der Waals surface area contributed by atoms with Crippen molar-refractivity contribution in [2.45, 2.75) is 0 Å². The highest BCUT2D eigenvalue weighted by Crippen LogP contribution is 2.32. The lowest BCUT2D eigenvalue weighted by Crippen LogP contribution is -2.24. The Hall–Kier alpha value is -2.44. The van der Waals surface area contributed by atoms with Gasteiger partial charge in [0.2, 0.25) is 6.79 Å². The van der Waals surface area contributed by atoms with Crippen molar-refractivity contribution < 1.29 is 19.0 Å². The molecule has 1 aliphatic heterocycles. The smallest absolute Gasteiger partial charge is 0.277 e. The van der Waals surface area contributed by atoms with Gasteiger partial charge in [0, 0.05) is 5.02 Å². The third-order valence-corrected chi connectivity index (χ3v) is 3.58. The van der Waals surface area contributed by atoms with E-state index in [1.165, 1.54) is 12.3 Å². The third-order valence-electron chi connectivity index (χ3n) is 3.05. The van der Waals surface area contributed by atoms with Gasteiger partial charge in [-0.3, -0.25) is 4.79 Å². The van der Waals surface area contributed by atoms with Crippen LogP contribution in [0.3, 0.4) is 0 Å². The van der Waals surface area contributed by atoms with Gasteiger partial charge in [-0.2, -0.15) is 5.10 Å². The standard InChI is InChI=1S/C16H12Cl2N2O4/c17-11-2-4-13(12(18)6-11)22-8-16(21)20-19-7-10-1-3-14-15(5-10)24-9-23-14/h1-7H,8-9H2,(H,20,21)/b19-7+. The van der Waals surface area contributed by atoms with Crippen molar-refractivity contribution in [2.24, 2.45) is 5.10 Å². The van der Waals surface area contributed by atoms with Gasteiger partial charge < -0.3 is 14.2 Å². The lowest BCUT2D eigenvalue weighted by molar-refractivity contribution is -0.123. The predicted molar refractivity (Wildman–Crippen MR) is 90.3 cm³/mol. The van der Waals surface area contributed by atoms with Crippen LogP contribution in [0.2, 0.25) is 10.0 Å². The van der Waals surface area contributed by atoms with Gasteiger partial charge in [-0.15, -0.1) is 0 Å². The number of hydrogen-bond acceptors (Lipinski definition) is 5. The first-order chi connectivity index (χ1) is 11.6. The summed E-state index contributed by atoms with van der Waals surface area (Å²) in [6.07, 6.45) is 1.50. The number of hydrogen-bond donors (Lipinski definition) is 1. The average molecular weight is 367 g/mol. The second-order valence-corrected chi connectivity index (χ2v) is 5.61. The van der Waals surface area contributed by atoms with E-state index in [2.05, 4.69) is 10.5 Å². The zero-order valence-corrected chi connectivity index (χ0v) is 13.8. The van der Waals surface area contributed by atoms with Crippen LogP contribution in [0.4, 0.5) is 0 Å². The molecular formula is C16H12Cl2N2O4. The number of halogens is 2. The fourth-order valence-corrected chi connectivity index (χ4v) is 2.40. The molecule has 0 saturated carbocycles. The molecule has 0 unspecified atom stereocenters. The highest BCUT2D eigenvalue weighted by atomic mass is 35.5. The molecule has 6 nitrogen and oxygen atoms in total. The first-order valence-electron chi connectivity index (χ1n) is 6.91. The van der Waals surface area contributed by atoms with E-state index in [1.54, 1.807) is 30.3 Å². The van der Waals surface area contributed by atoms with E-state index >= 15 is 0 Å². The van der Waals surface area contributed by atoms with Crippen molar-refractivity contribution in [1.29, 1.82) is 0 Å². The number of amides is 1. The van der Waals surface area contributed by atoms with Gasteiger partial charge in [0.05, 0.1) is 11.2 Å². The SMILES string of the molecule is O=C(COc1ccc(Cl)cc1Cl)N/N=C/c1ccc2c(c1)OCO2. The van der Waals surface area contributed by atoms with Crippen molar-refractivity contribution in [3.63, 3.8) is 0 Å². The third kappa shape index (κ3) is 4.10. The van der Waals surface area contributed by atoms with Gasteiger partial charge in [-0.05, 0) is 42.0 Å². The van der Waals surface area contributed by atoms with Crippen molar-refractivity contribution in [3.8, 4) is 17.2 Å². The Morgan fingerprint density at radius 3 is 2.88 bits per heavy atom. The zero-order chi connectivity index (χ0) is 16.9. The Morgan fingerprint density at radius 2 is 2.04 bits per heavy atom. The fourth-order valence-electron chi connectivity index (χ4n) is 1.94. The van der Waals surface area contributed by atoms with E-state index < -0.39 is 5.91 Å². The Morgan fingerprint density at radius 1 is 1.21 bits per heavy atom. The van der Waals surface area contributed by atoms with Crippen LogP contribution in [0, 0.1) is 0 Å². The van der Waals surface area contributed by atoms with Gasteiger partial charge in [0.15, 0.2) is 18.1 Å². The molecule has 0 bridgehead atoms. The van der Waals surface area contributed by atoms with Gasteiger partial charge in [-0.25, -0.2) is 5.43 Å².